The number of ether oxygens (including phenoxy) is 2. The Morgan fingerprint density at radius 2 is 1.83 bits per heavy atom. The molecular weight excluding hydrogens is 304 g/mol. The van der Waals surface area contributed by atoms with E-state index < -0.39 is 12.1 Å². The summed E-state index contributed by atoms with van der Waals surface area (Å²) >= 11 is 0. The fourth-order valence-corrected chi connectivity index (χ4v) is 2.37. The van der Waals surface area contributed by atoms with E-state index in [4.69, 9.17) is 9.47 Å². The summed E-state index contributed by atoms with van der Waals surface area (Å²) in [5.41, 5.74) is 0.734. The van der Waals surface area contributed by atoms with Crippen LogP contribution in [-0.2, 0) is 9.53 Å². The first-order valence-corrected chi connectivity index (χ1v) is 7.76. The molecule has 0 aliphatic carbocycles. The summed E-state index contributed by atoms with van der Waals surface area (Å²) in [5, 5.41) is 0. The molecule has 0 amide bonds. The zero-order valence-electron chi connectivity index (χ0n) is 13.3. The van der Waals surface area contributed by atoms with E-state index in [2.05, 4.69) is 4.98 Å². The number of hydrogen-bond donors (Lipinski definition) is 0. The SMILES string of the molecule is CCOC(=O)C(Oc1cccnc1-n1cccc1)c1ccccc1. The third-order valence-corrected chi connectivity index (χ3v) is 3.45. The van der Waals surface area contributed by atoms with Crippen molar-refractivity contribution >= 4 is 5.97 Å². The van der Waals surface area contributed by atoms with Crippen molar-refractivity contribution in [3.05, 3.63) is 78.8 Å². The van der Waals surface area contributed by atoms with Crippen LogP contribution in [-0.4, -0.2) is 22.1 Å². The minimum atomic E-state index is -0.843. The number of aromatic nitrogens is 2. The summed E-state index contributed by atoms with van der Waals surface area (Å²) in [6.45, 7) is 2.07. The van der Waals surface area contributed by atoms with Gasteiger partial charge in [-0.3, -0.25) is 0 Å². The van der Waals surface area contributed by atoms with Crippen LogP contribution in [0.5, 0.6) is 5.75 Å². The van der Waals surface area contributed by atoms with Crippen LogP contribution in [0.15, 0.2) is 73.2 Å². The van der Waals surface area contributed by atoms with E-state index in [9.17, 15) is 4.79 Å². The molecule has 3 aromatic rings. The molecule has 1 aromatic carbocycles. The Morgan fingerprint density at radius 3 is 2.54 bits per heavy atom. The molecule has 24 heavy (non-hydrogen) atoms. The topological polar surface area (TPSA) is 53.4 Å². The highest BCUT2D eigenvalue weighted by Gasteiger charge is 2.25. The van der Waals surface area contributed by atoms with Gasteiger partial charge in [-0.25, -0.2) is 9.78 Å². The summed E-state index contributed by atoms with van der Waals surface area (Å²) in [5.74, 6) is 0.703. The Hall–Kier alpha value is -3.08. The van der Waals surface area contributed by atoms with E-state index in [1.54, 1.807) is 25.3 Å². The molecule has 2 aromatic heterocycles. The Morgan fingerprint density at radius 1 is 1.08 bits per heavy atom. The van der Waals surface area contributed by atoms with Gasteiger partial charge >= 0.3 is 5.97 Å². The average Bonchev–Trinajstić information content (AvgIpc) is 3.15. The molecule has 0 aliphatic rings. The molecule has 0 fully saturated rings. The van der Waals surface area contributed by atoms with Crippen LogP contribution in [0.4, 0.5) is 0 Å². The molecule has 3 rings (SSSR count). The fraction of sp³-hybridized carbons (Fsp3) is 0.158. The monoisotopic (exact) mass is 322 g/mol. The molecule has 0 saturated heterocycles. The first-order valence-electron chi connectivity index (χ1n) is 7.76. The van der Waals surface area contributed by atoms with Gasteiger partial charge in [0.15, 0.2) is 11.6 Å². The minimum Gasteiger partial charge on any atom is -0.470 e. The summed E-state index contributed by atoms with van der Waals surface area (Å²) in [4.78, 5) is 16.7. The molecule has 0 aliphatic heterocycles. The Labute approximate surface area is 140 Å². The van der Waals surface area contributed by atoms with Crippen molar-refractivity contribution in [2.24, 2.45) is 0 Å². The average molecular weight is 322 g/mol. The number of pyridine rings is 1. The van der Waals surface area contributed by atoms with Crippen LogP contribution >= 0.6 is 0 Å². The number of carbonyl (C=O) groups is 1. The number of hydrogen-bond acceptors (Lipinski definition) is 4. The first-order chi connectivity index (χ1) is 11.8. The van der Waals surface area contributed by atoms with Gasteiger partial charge in [0, 0.05) is 24.2 Å². The van der Waals surface area contributed by atoms with Gasteiger partial charge in [-0.1, -0.05) is 30.3 Å². The minimum absolute atomic E-state index is 0.295. The predicted molar refractivity (Wildman–Crippen MR) is 90.0 cm³/mol. The smallest absolute Gasteiger partial charge is 0.352 e. The lowest BCUT2D eigenvalue weighted by Gasteiger charge is -2.19. The van der Waals surface area contributed by atoms with Crippen molar-refractivity contribution in [2.45, 2.75) is 13.0 Å². The number of benzene rings is 1. The number of rotatable bonds is 6. The molecule has 2 heterocycles. The number of esters is 1. The van der Waals surface area contributed by atoms with E-state index in [-0.39, 0.29) is 0 Å². The van der Waals surface area contributed by atoms with Crippen molar-refractivity contribution in [1.29, 1.82) is 0 Å². The zero-order chi connectivity index (χ0) is 16.8. The molecule has 0 saturated carbocycles. The summed E-state index contributed by atoms with van der Waals surface area (Å²) in [6.07, 6.45) is 4.59. The van der Waals surface area contributed by atoms with Gasteiger partial charge in [0.2, 0.25) is 6.10 Å². The largest absolute Gasteiger partial charge is 0.470 e. The van der Waals surface area contributed by atoms with Crippen molar-refractivity contribution < 1.29 is 14.3 Å². The molecule has 0 bridgehead atoms. The molecule has 0 radical (unpaired) electrons. The molecular formula is C19H18N2O3. The molecule has 0 N–H and O–H groups in total. The van der Waals surface area contributed by atoms with Crippen LogP contribution in [0.25, 0.3) is 5.82 Å². The fourth-order valence-electron chi connectivity index (χ4n) is 2.37. The normalized spacial score (nSPS) is 11.7. The van der Waals surface area contributed by atoms with E-state index in [1.807, 2.05) is 59.4 Å². The summed E-state index contributed by atoms with van der Waals surface area (Å²) < 4.78 is 13.0. The third-order valence-electron chi connectivity index (χ3n) is 3.45. The lowest BCUT2D eigenvalue weighted by molar-refractivity contribution is -0.151. The lowest BCUT2D eigenvalue weighted by atomic mass is 10.1. The third kappa shape index (κ3) is 3.46. The van der Waals surface area contributed by atoms with E-state index in [0.29, 0.717) is 18.2 Å². The van der Waals surface area contributed by atoms with Gasteiger partial charge < -0.3 is 14.0 Å². The molecule has 1 unspecified atom stereocenters. The molecule has 0 spiro atoms. The van der Waals surface area contributed by atoms with Crippen LogP contribution in [0.2, 0.25) is 0 Å². The number of nitrogens with zero attached hydrogens (tertiary/aromatic N) is 2. The zero-order valence-corrected chi connectivity index (χ0v) is 13.3. The van der Waals surface area contributed by atoms with Crippen molar-refractivity contribution in [3.8, 4) is 11.6 Å². The predicted octanol–water partition coefficient (Wildman–Crippen LogP) is 3.56. The van der Waals surface area contributed by atoms with Crippen molar-refractivity contribution in [1.82, 2.24) is 9.55 Å². The highest BCUT2D eigenvalue weighted by atomic mass is 16.6. The Kier molecular flexibility index (Phi) is 4.91. The van der Waals surface area contributed by atoms with Crippen LogP contribution in [0.3, 0.4) is 0 Å². The Bertz CT molecular complexity index is 785. The Balaban J connectivity index is 1.95. The van der Waals surface area contributed by atoms with Gasteiger partial charge in [0.05, 0.1) is 6.61 Å². The van der Waals surface area contributed by atoms with E-state index in [0.717, 1.165) is 5.56 Å². The number of carbonyl (C=O) groups excluding carboxylic acids is 1. The molecule has 1 atom stereocenters. The van der Waals surface area contributed by atoms with Gasteiger partial charge in [-0.2, -0.15) is 0 Å². The second kappa shape index (κ2) is 7.46. The maximum absolute atomic E-state index is 12.4. The van der Waals surface area contributed by atoms with Crippen LogP contribution < -0.4 is 4.74 Å². The van der Waals surface area contributed by atoms with Crippen LogP contribution in [0, 0.1) is 0 Å². The second-order valence-electron chi connectivity index (χ2n) is 5.08. The maximum atomic E-state index is 12.4. The van der Waals surface area contributed by atoms with Crippen molar-refractivity contribution in [2.75, 3.05) is 6.61 Å². The molecule has 5 heteroatoms. The van der Waals surface area contributed by atoms with Crippen molar-refractivity contribution in [3.63, 3.8) is 0 Å². The standard InChI is InChI=1S/C19H18N2O3/c1-2-23-19(22)17(15-9-4-3-5-10-15)24-16-11-8-12-20-18(16)21-13-6-7-14-21/h3-14,17H,2H2,1H3. The maximum Gasteiger partial charge on any atom is 0.352 e. The van der Waals surface area contributed by atoms with Gasteiger partial charge in [-0.15, -0.1) is 0 Å². The highest BCUT2D eigenvalue weighted by molar-refractivity contribution is 5.77. The molecule has 5 nitrogen and oxygen atoms in total. The van der Waals surface area contributed by atoms with E-state index >= 15 is 0 Å². The van der Waals surface area contributed by atoms with Crippen LogP contribution in [0.1, 0.15) is 18.6 Å². The summed E-state index contributed by atoms with van der Waals surface area (Å²) in [6, 6.07) is 16.7. The van der Waals surface area contributed by atoms with Gasteiger partial charge in [0.25, 0.3) is 0 Å². The first kappa shape index (κ1) is 15.8. The van der Waals surface area contributed by atoms with Gasteiger partial charge in [0.1, 0.15) is 0 Å². The second-order valence-corrected chi connectivity index (χ2v) is 5.08. The highest BCUT2D eigenvalue weighted by Crippen LogP contribution is 2.27. The lowest BCUT2D eigenvalue weighted by Crippen LogP contribution is -2.22. The summed E-state index contributed by atoms with van der Waals surface area (Å²) in [7, 11) is 0. The van der Waals surface area contributed by atoms with E-state index in [1.165, 1.54) is 0 Å². The quantitative estimate of drug-likeness (QED) is 0.651. The molecule has 122 valence electrons. The van der Waals surface area contributed by atoms with Gasteiger partial charge in [-0.05, 0) is 31.2 Å².